The molecule has 31 heavy (non-hydrogen) atoms. The number of nitrogens with zero attached hydrogens (tertiary/aromatic N) is 1. The molecular weight excluding hydrogens is 396 g/mol. The minimum Gasteiger partial charge on any atom is -0.508 e. The molecule has 1 heterocycles. The molecule has 1 aliphatic heterocycles. The van der Waals surface area contributed by atoms with Gasteiger partial charge in [-0.25, -0.2) is 0 Å². The largest absolute Gasteiger partial charge is 0.508 e. The lowest BCUT2D eigenvalue weighted by Gasteiger charge is -2.35. The van der Waals surface area contributed by atoms with Gasteiger partial charge in [-0.15, -0.1) is 0 Å². The van der Waals surface area contributed by atoms with Gasteiger partial charge in [-0.1, -0.05) is 24.3 Å². The van der Waals surface area contributed by atoms with Crippen LogP contribution in [0.25, 0.3) is 12.2 Å². The Kier molecular flexibility index (Phi) is 6.29. The molecule has 0 radical (unpaired) electrons. The predicted octanol–water partition coefficient (Wildman–Crippen LogP) is 3.78. The monoisotopic (exact) mass is 426 g/mol. The minimum atomic E-state index is -0.601. The first kappa shape index (κ1) is 22.7. The van der Waals surface area contributed by atoms with E-state index < -0.39 is 11.1 Å². The van der Waals surface area contributed by atoms with Crippen LogP contribution in [0, 0.1) is 0 Å². The number of amides is 1. The molecule has 4 N–H and O–H groups in total. The van der Waals surface area contributed by atoms with Gasteiger partial charge in [0.1, 0.15) is 17.2 Å². The highest BCUT2D eigenvalue weighted by molar-refractivity contribution is 5.78. The van der Waals surface area contributed by atoms with E-state index in [2.05, 4.69) is 5.32 Å². The molecule has 3 rings (SSSR count). The van der Waals surface area contributed by atoms with Crippen LogP contribution >= 0.6 is 0 Å². The van der Waals surface area contributed by atoms with Crippen LogP contribution in [-0.2, 0) is 4.79 Å². The fourth-order valence-corrected chi connectivity index (χ4v) is 3.94. The number of aromatic hydroxyl groups is 2. The van der Waals surface area contributed by atoms with Crippen LogP contribution in [0.1, 0.15) is 45.2 Å². The summed E-state index contributed by atoms with van der Waals surface area (Å²) in [5.41, 5.74) is 0.559. The number of benzene rings is 2. The third-order valence-corrected chi connectivity index (χ3v) is 5.66. The molecule has 0 spiro atoms. The number of phenolic OH excluding ortho intramolecular Hbond substituents is 2. The van der Waals surface area contributed by atoms with Crippen molar-refractivity contribution in [1.82, 2.24) is 10.4 Å². The second-order valence-electron chi connectivity index (χ2n) is 9.08. The molecule has 1 aliphatic rings. The van der Waals surface area contributed by atoms with Crippen molar-refractivity contribution in [3.8, 4) is 17.2 Å². The topological polar surface area (TPSA) is 102 Å². The van der Waals surface area contributed by atoms with Crippen LogP contribution in [0.4, 0.5) is 0 Å². The number of carbonyl (C=O) groups is 1. The van der Waals surface area contributed by atoms with Crippen LogP contribution in [0.3, 0.4) is 0 Å². The first-order valence-corrected chi connectivity index (χ1v) is 10.2. The third-order valence-electron chi connectivity index (χ3n) is 5.66. The highest BCUT2D eigenvalue weighted by Crippen LogP contribution is 2.39. The molecule has 0 bridgehead atoms. The molecule has 166 valence electrons. The Hall–Kier alpha value is -3.03. The van der Waals surface area contributed by atoms with Gasteiger partial charge in [0.25, 0.3) is 5.91 Å². The van der Waals surface area contributed by atoms with Gasteiger partial charge in [-0.3, -0.25) is 4.79 Å². The summed E-state index contributed by atoms with van der Waals surface area (Å²) in [5, 5.41) is 34.0. The lowest BCUT2D eigenvalue weighted by molar-refractivity contribution is -0.194. The average molecular weight is 427 g/mol. The summed E-state index contributed by atoms with van der Waals surface area (Å²) in [7, 11) is 0. The Morgan fingerprint density at radius 2 is 1.71 bits per heavy atom. The van der Waals surface area contributed by atoms with E-state index in [0.29, 0.717) is 17.7 Å². The van der Waals surface area contributed by atoms with Crippen molar-refractivity contribution in [2.24, 2.45) is 0 Å². The second-order valence-corrected chi connectivity index (χ2v) is 9.08. The van der Waals surface area contributed by atoms with Gasteiger partial charge in [0.15, 0.2) is 6.61 Å². The average Bonchev–Trinajstić information content (AvgIpc) is 2.84. The van der Waals surface area contributed by atoms with Crippen molar-refractivity contribution in [3.63, 3.8) is 0 Å². The fourth-order valence-electron chi connectivity index (χ4n) is 3.94. The molecule has 0 aromatic heterocycles. The zero-order valence-electron chi connectivity index (χ0n) is 18.3. The normalized spacial score (nSPS) is 20.1. The van der Waals surface area contributed by atoms with Crippen LogP contribution in [0.5, 0.6) is 17.2 Å². The molecule has 1 fully saturated rings. The summed E-state index contributed by atoms with van der Waals surface area (Å²) in [6.07, 6.45) is 4.26. The molecule has 0 saturated carbocycles. The van der Waals surface area contributed by atoms with E-state index in [1.807, 2.05) is 33.8 Å². The van der Waals surface area contributed by atoms with Crippen molar-refractivity contribution < 1.29 is 25.0 Å². The first-order valence-electron chi connectivity index (χ1n) is 10.2. The highest BCUT2D eigenvalue weighted by atomic mass is 16.5. The Morgan fingerprint density at radius 1 is 1.06 bits per heavy atom. The van der Waals surface area contributed by atoms with E-state index >= 15 is 0 Å². The number of hydroxylamine groups is 2. The maximum absolute atomic E-state index is 12.5. The third kappa shape index (κ3) is 5.37. The van der Waals surface area contributed by atoms with E-state index in [-0.39, 0.29) is 30.1 Å². The van der Waals surface area contributed by atoms with Gasteiger partial charge in [0.2, 0.25) is 0 Å². The van der Waals surface area contributed by atoms with E-state index in [1.54, 1.807) is 42.5 Å². The van der Waals surface area contributed by atoms with Gasteiger partial charge in [0, 0.05) is 11.6 Å². The van der Waals surface area contributed by atoms with Gasteiger partial charge in [-0.2, -0.15) is 5.06 Å². The SMILES string of the molecule is CC1(C)CC(NC(=O)COc2cc(O)cc(/C=C/c3ccc(O)cc3)c2)C(C)(C)N1O. The predicted molar refractivity (Wildman–Crippen MR) is 119 cm³/mol. The summed E-state index contributed by atoms with van der Waals surface area (Å²) in [6, 6.07) is 11.3. The van der Waals surface area contributed by atoms with Crippen molar-refractivity contribution in [1.29, 1.82) is 0 Å². The Balaban J connectivity index is 1.61. The van der Waals surface area contributed by atoms with Crippen molar-refractivity contribution in [3.05, 3.63) is 53.6 Å². The van der Waals surface area contributed by atoms with Crippen LogP contribution in [0.15, 0.2) is 42.5 Å². The molecule has 1 saturated heterocycles. The van der Waals surface area contributed by atoms with Crippen LogP contribution in [-0.4, -0.2) is 50.1 Å². The number of phenols is 2. The van der Waals surface area contributed by atoms with Crippen molar-refractivity contribution >= 4 is 18.1 Å². The Bertz CT molecular complexity index is 966. The van der Waals surface area contributed by atoms with Gasteiger partial charge >= 0.3 is 0 Å². The van der Waals surface area contributed by atoms with Crippen LogP contribution < -0.4 is 10.1 Å². The smallest absolute Gasteiger partial charge is 0.258 e. The van der Waals surface area contributed by atoms with Gasteiger partial charge in [0.05, 0.1) is 11.6 Å². The molecule has 2 aromatic rings. The number of ether oxygens (including phenoxy) is 1. The number of hydrogen-bond donors (Lipinski definition) is 4. The lowest BCUT2D eigenvalue weighted by Crippen LogP contribution is -2.53. The Labute approximate surface area is 182 Å². The molecule has 7 nitrogen and oxygen atoms in total. The molecule has 2 aromatic carbocycles. The fraction of sp³-hybridized carbons (Fsp3) is 0.375. The minimum absolute atomic E-state index is 0.0258. The van der Waals surface area contributed by atoms with E-state index in [0.717, 1.165) is 5.56 Å². The molecule has 1 atom stereocenters. The summed E-state index contributed by atoms with van der Waals surface area (Å²) in [4.78, 5) is 12.5. The zero-order chi connectivity index (χ0) is 22.8. The maximum atomic E-state index is 12.5. The second kappa shape index (κ2) is 8.61. The molecule has 7 heteroatoms. The number of carbonyl (C=O) groups excluding carboxylic acids is 1. The summed E-state index contributed by atoms with van der Waals surface area (Å²) < 4.78 is 5.60. The Morgan fingerprint density at radius 3 is 2.32 bits per heavy atom. The quantitative estimate of drug-likeness (QED) is 0.524. The van der Waals surface area contributed by atoms with Gasteiger partial charge in [-0.05, 0) is 69.5 Å². The molecule has 0 aliphatic carbocycles. The number of hydrogen-bond acceptors (Lipinski definition) is 6. The number of nitrogens with one attached hydrogen (secondary N) is 1. The maximum Gasteiger partial charge on any atom is 0.258 e. The highest BCUT2D eigenvalue weighted by Gasteiger charge is 2.51. The summed E-state index contributed by atoms with van der Waals surface area (Å²) >= 11 is 0. The van der Waals surface area contributed by atoms with Gasteiger partial charge < -0.3 is 25.5 Å². The van der Waals surface area contributed by atoms with E-state index in [1.165, 1.54) is 11.1 Å². The zero-order valence-corrected chi connectivity index (χ0v) is 18.3. The standard InChI is InChI=1S/C24H30N2O5/c1-23(2)14-21(24(3,4)26(23)30)25-22(29)15-31-20-12-17(11-19(28)13-20)6-5-16-7-9-18(27)10-8-16/h5-13,21,27-28,30H,14-15H2,1-4H3,(H,25,29)/b6-5+. The molecule has 1 unspecified atom stereocenters. The molecular formula is C24H30N2O5. The molecule has 1 amide bonds. The van der Waals surface area contributed by atoms with E-state index in [4.69, 9.17) is 4.74 Å². The van der Waals surface area contributed by atoms with Crippen LogP contribution in [0.2, 0.25) is 0 Å². The van der Waals surface area contributed by atoms with Crippen molar-refractivity contribution in [2.45, 2.75) is 51.2 Å². The first-order chi connectivity index (χ1) is 14.5. The number of rotatable bonds is 6. The van der Waals surface area contributed by atoms with Crippen molar-refractivity contribution in [2.75, 3.05) is 6.61 Å². The van der Waals surface area contributed by atoms with E-state index in [9.17, 15) is 20.2 Å². The summed E-state index contributed by atoms with van der Waals surface area (Å²) in [6.45, 7) is 7.42. The lowest BCUT2D eigenvalue weighted by atomic mass is 9.94. The summed E-state index contributed by atoms with van der Waals surface area (Å²) in [5.74, 6) is 0.293.